The van der Waals surface area contributed by atoms with Crippen molar-refractivity contribution >= 4 is 22.5 Å². The molecule has 2 saturated heterocycles. The number of piperazine rings is 1. The number of fused-ring (bicyclic) bond motifs is 1. The first kappa shape index (κ1) is 19.8. The zero-order valence-corrected chi connectivity index (χ0v) is 18.4. The average molecular weight is 432 g/mol. The van der Waals surface area contributed by atoms with Crippen molar-refractivity contribution in [3.63, 3.8) is 0 Å². The van der Waals surface area contributed by atoms with Crippen LogP contribution in [-0.2, 0) is 4.74 Å². The highest BCUT2D eigenvalue weighted by Crippen LogP contribution is 2.40. The fourth-order valence-electron chi connectivity index (χ4n) is 5.06. The highest BCUT2D eigenvalue weighted by Gasteiger charge is 2.45. The first-order chi connectivity index (χ1) is 15.6. The van der Waals surface area contributed by atoms with Crippen LogP contribution in [0.1, 0.15) is 35.2 Å². The predicted molar refractivity (Wildman–Crippen MR) is 125 cm³/mol. The molecule has 1 amide bonds. The van der Waals surface area contributed by atoms with Crippen molar-refractivity contribution in [3.05, 3.63) is 53.7 Å². The SMILES string of the molecule is Cc1cc2c(cnn2-c2cccc(C(=O)NC3CCOC3)c2)cc1N1CCNC2(CC2)C1. The summed E-state index contributed by atoms with van der Waals surface area (Å²) in [5, 5.41) is 12.5. The third kappa shape index (κ3) is 3.55. The number of aryl methyl sites for hydroxylation is 1. The molecule has 3 aliphatic rings. The van der Waals surface area contributed by atoms with Gasteiger partial charge in [-0.25, -0.2) is 4.68 Å². The second kappa shape index (κ2) is 7.60. The Morgan fingerprint density at radius 3 is 3.00 bits per heavy atom. The number of aromatic nitrogens is 2. The lowest BCUT2D eigenvalue weighted by molar-refractivity contribution is 0.0930. The number of carbonyl (C=O) groups is 1. The van der Waals surface area contributed by atoms with Crippen molar-refractivity contribution < 1.29 is 9.53 Å². The Kier molecular flexibility index (Phi) is 4.69. The molecule has 0 radical (unpaired) electrons. The smallest absolute Gasteiger partial charge is 0.251 e. The van der Waals surface area contributed by atoms with E-state index in [1.807, 2.05) is 35.1 Å². The molecule has 1 aromatic heterocycles. The lowest BCUT2D eigenvalue weighted by Gasteiger charge is -2.36. The Bertz CT molecular complexity index is 1180. The third-order valence-corrected chi connectivity index (χ3v) is 7.07. The van der Waals surface area contributed by atoms with Gasteiger partial charge in [0, 0.05) is 48.4 Å². The monoisotopic (exact) mass is 431 g/mol. The summed E-state index contributed by atoms with van der Waals surface area (Å²) >= 11 is 0. The highest BCUT2D eigenvalue weighted by molar-refractivity contribution is 5.95. The molecule has 0 bridgehead atoms. The lowest BCUT2D eigenvalue weighted by atomic mass is 10.1. The Hall–Kier alpha value is -2.90. The van der Waals surface area contributed by atoms with Crippen molar-refractivity contribution in [2.75, 3.05) is 37.7 Å². The molecule has 3 fully saturated rings. The molecule has 1 unspecified atom stereocenters. The van der Waals surface area contributed by atoms with Crippen LogP contribution in [0.4, 0.5) is 5.69 Å². The molecule has 7 heteroatoms. The van der Waals surface area contributed by atoms with Crippen LogP contribution in [0.2, 0.25) is 0 Å². The number of anilines is 1. The number of ether oxygens (including phenoxy) is 1. The van der Waals surface area contributed by atoms with Gasteiger partial charge in [-0.2, -0.15) is 5.10 Å². The molecule has 166 valence electrons. The normalized spacial score (nSPS) is 21.9. The van der Waals surface area contributed by atoms with E-state index in [1.54, 1.807) is 0 Å². The standard InChI is InChI=1S/C25H29N5O2/c1-17-11-23-19(13-22(17)29-9-8-26-25(16-29)6-7-25)14-27-30(23)21-4-2-3-18(12-21)24(31)28-20-5-10-32-15-20/h2-4,11-14,20,26H,5-10,15-16H2,1H3,(H,28,31). The van der Waals surface area contributed by atoms with Gasteiger partial charge >= 0.3 is 0 Å². The number of hydrogen-bond donors (Lipinski definition) is 2. The van der Waals surface area contributed by atoms with Crippen molar-refractivity contribution in [2.24, 2.45) is 0 Å². The van der Waals surface area contributed by atoms with E-state index in [0.717, 1.165) is 42.6 Å². The van der Waals surface area contributed by atoms with E-state index in [2.05, 4.69) is 39.7 Å². The van der Waals surface area contributed by atoms with E-state index in [0.29, 0.717) is 24.3 Å². The van der Waals surface area contributed by atoms with E-state index < -0.39 is 0 Å². The van der Waals surface area contributed by atoms with Crippen LogP contribution >= 0.6 is 0 Å². The van der Waals surface area contributed by atoms with E-state index in [1.165, 1.54) is 24.1 Å². The van der Waals surface area contributed by atoms with Gasteiger partial charge in [0.15, 0.2) is 0 Å². The fraction of sp³-hybridized carbons (Fsp3) is 0.440. The van der Waals surface area contributed by atoms with Gasteiger partial charge in [-0.1, -0.05) is 6.07 Å². The zero-order valence-electron chi connectivity index (χ0n) is 18.4. The summed E-state index contributed by atoms with van der Waals surface area (Å²) in [4.78, 5) is 15.2. The lowest BCUT2D eigenvalue weighted by Crippen LogP contribution is -2.52. The summed E-state index contributed by atoms with van der Waals surface area (Å²) in [6, 6.07) is 12.3. The number of carbonyl (C=O) groups excluding carboxylic acids is 1. The molecule has 32 heavy (non-hydrogen) atoms. The highest BCUT2D eigenvalue weighted by atomic mass is 16.5. The van der Waals surface area contributed by atoms with E-state index in [4.69, 9.17) is 4.74 Å². The van der Waals surface area contributed by atoms with E-state index in [-0.39, 0.29) is 11.9 Å². The van der Waals surface area contributed by atoms with Crippen LogP contribution < -0.4 is 15.5 Å². The number of rotatable bonds is 4. The second-order valence-corrected chi connectivity index (χ2v) is 9.47. The van der Waals surface area contributed by atoms with E-state index >= 15 is 0 Å². The minimum absolute atomic E-state index is 0.0648. The van der Waals surface area contributed by atoms with Crippen molar-refractivity contribution in [1.82, 2.24) is 20.4 Å². The molecule has 7 nitrogen and oxygen atoms in total. The summed E-state index contributed by atoms with van der Waals surface area (Å²) in [6.07, 6.45) is 5.35. The van der Waals surface area contributed by atoms with Crippen LogP contribution in [0.25, 0.3) is 16.6 Å². The predicted octanol–water partition coefficient (Wildman–Crippen LogP) is 2.79. The summed E-state index contributed by atoms with van der Waals surface area (Å²) in [7, 11) is 0. The fourth-order valence-corrected chi connectivity index (χ4v) is 5.06. The Balaban J connectivity index is 1.29. The van der Waals surface area contributed by atoms with Gasteiger partial charge in [0.05, 0.1) is 30.0 Å². The molecule has 6 rings (SSSR count). The molecule has 1 saturated carbocycles. The summed E-state index contributed by atoms with van der Waals surface area (Å²) in [6.45, 7) is 6.63. The van der Waals surface area contributed by atoms with Crippen LogP contribution in [-0.4, -0.2) is 60.1 Å². The van der Waals surface area contributed by atoms with Gasteiger partial charge in [-0.05, 0) is 62.1 Å². The van der Waals surface area contributed by atoms with Gasteiger partial charge in [0.2, 0.25) is 0 Å². The topological polar surface area (TPSA) is 71.4 Å². The maximum Gasteiger partial charge on any atom is 0.251 e. The van der Waals surface area contributed by atoms with Crippen LogP contribution in [0.3, 0.4) is 0 Å². The Morgan fingerprint density at radius 1 is 1.28 bits per heavy atom. The third-order valence-electron chi connectivity index (χ3n) is 7.07. The Labute approximate surface area is 187 Å². The average Bonchev–Trinajstić information content (AvgIpc) is 3.18. The maximum atomic E-state index is 12.7. The molecule has 1 aliphatic carbocycles. The number of hydrogen-bond acceptors (Lipinski definition) is 5. The molecule has 3 aromatic rings. The number of amides is 1. The summed E-state index contributed by atoms with van der Waals surface area (Å²) in [5.41, 5.74) is 5.49. The van der Waals surface area contributed by atoms with Gasteiger partial charge in [-0.3, -0.25) is 4.79 Å². The van der Waals surface area contributed by atoms with Gasteiger partial charge in [-0.15, -0.1) is 0 Å². The van der Waals surface area contributed by atoms with E-state index in [9.17, 15) is 4.79 Å². The van der Waals surface area contributed by atoms with Crippen molar-refractivity contribution in [3.8, 4) is 5.69 Å². The summed E-state index contributed by atoms with van der Waals surface area (Å²) < 4.78 is 7.30. The largest absolute Gasteiger partial charge is 0.379 e. The van der Waals surface area contributed by atoms with Crippen LogP contribution in [0, 0.1) is 6.92 Å². The molecule has 3 heterocycles. The molecule has 2 N–H and O–H groups in total. The first-order valence-corrected chi connectivity index (χ1v) is 11.6. The molecule has 1 spiro atoms. The van der Waals surface area contributed by atoms with Crippen molar-refractivity contribution in [1.29, 1.82) is 0 Å². The molecule has 2 aromatic carbocycles. The minimum Gasteiger partial charge on any atom is -0.379 e. The van der Waals surface area contributed by atoms with Gasteiger partial charge in [0.1, 0.15) is 0 Å². The minimum atomic E-state index is -0.0648. The molecular weight excluding hydrogens is 402 g/mol. The second-order valence-electron chi connectivity index (χ2n) is 9.47. The maximum absolute atomic E-state index is 12.7. The van der Waals surface area contributed by atoms with Crippen LogP contribution in [0.15, 0.2) is 42.6 Å². The number of nitrogens with one attached hydrogen (secondary N) is 2. The Morgan fingerprint density at radius 2 is 2.19 bits per heavy atom. The zero-order chi connectivity index (χ0) is 21.7. The molecular formula is C25H29N5O2. The van der Waals surface area contributed by atoms with Gasteiger partial charge < -0.3 is 20.3 Å². The van der Waals surface area contributed by atoms with Crippen molar-refractivity contribution in [2.45, 2.75) is 37.8 Å². The number of benzene rings is 2. The summed E-state index contributed by atoms with van der Waals surface area (Å²) in [5.74, 6) is -0.0648. The quantitative estimate of drug-likeness (QED) is 0.665. The van der Waals surface area contributed by atoms with Gasteiger partial charge in [0.25, 0.3) is 5.91 Å². The number of nitrogens with zero attached hydrogens (tertiary/aromatic N) is 3. The van der Waals surface area contributed by atoms with Crippen LogP contribution in [0.5, 0.6) is 0 Å². The molecule has 2 aliphatic heterocycles. The molecule has 1 atom stereocenters. The first-order valence-electron chi connectivity index (χ1n) is 11.6.